The normalized spacial score (nSPS) is 25.3. The minimum atomic E-state index is -0.561. The Bertz CT molecular complexity index is 874. The van der Waals surface area contributed by atoms with Crippen molar-refractivity contribution in [2.45, 2.75) is 38.5 Å². The number of allylic oxidation sites excluding steroid dienone is 5. The van der Waals surface area contributed by atoms with Gasteiger partial charge in [0.1, 0.15) is 23.2 Å². The maximum atomic E-state index is 12.4. The van der Waals surface area contributed by atoms with E-state index in [1.54, 1.807) is 35.4 Å². The zero-order chi connectivity index (χ0) is 21.9. The molecule has 0 aromatic heterocycles. The van der Waals surface area contributed by atoms with Crippen LogP contribution in [0.25, 0.3) is 0 Å². The third kappa shape index (κ3) is 5.02. The van der Waals surface area contributed by atoms with E-state index in [0.29, 0.717) is 49.0 Å². The summed E-state index contributed by atoms with van der Waals surface area (Å²) in [6.07, 6.45) is 7.84. The number of fused-ring (bicyclic) bond motifs is 1. The van der Waals surface area contributed by atoms with Crippen molar-refractivity contribution >= 4 is 11.9 Å². The summed E-state index contributed by atoms with van der Waals surface area (Å²) in [7, 11) is 0. The Morgan fingerprint density at radius 1 is 1.43 bits per heavy atom. The van der Waals surface area contributed by atoms with E-state index < -0.39 is 5.60 Å². The lowest BCUT2D eigenvalue weighted by Crippen LogP contribution is -2.52. The Kier molecular flexibility index (Phi) is 6.17. The maximum absolute atomic E-state index is 12.4. The Morgan fingerprint density at radius 3 is 2.90 bits per heavy atom. The molecule has 30 heavy (non-hydrogen) atoms. The number of nitrogens with two attached hydrogens (primary N) is 1. The van der Waals surface area contributed by atoms with Gasteiger partial charge < -0.3 is 30.3 Å². The molecule has 3 heterocycles. The van der Waals surface area contributed by atoms with Crippen LogP contribution < -0.4 is 11.1 Å². The molecule has 0 saturated carbocycles. The number of nitrogens with zero attached hydrogens (tertiary/aromatic N) is 3. The van der Waals surface area contributed by atoms with Crippen LogP contribution in [0.3, 0.4) is 0 Å². The van der Waals surface area contributed by atoms with Gasteiger partial charge in [0, 0.05) is 30.6 Å². The third-order valence-electron chi connectivity index (χ3n) is 4.94. The van der Waals surface area contributed by atoms with Crippen LogP contribution in [-0.2, 0) is 9.47 Å². The first-order valence-corrected chi connectivity index (χ1v) is 9.85. The van der Waals surface area contributed by atoms with Gasteiger partial charge in [0.15, 0.2) is 0 Å². The van der Waals surface area contributed by atoms with Crippen molar-refractivity contribution < 1.29 is 14.3 Å². The number of hydrogen-bond donors (Lipinski definition) is 3. The topological polar surface area (TPSA) is 128 Å². The van der Waals surface area contributed by atoms with E-state index >= 15 is 0 Å². The van der Waals surface area contributed by atoms with E-state index in [1.807, 2.05) is 31.7 Å². The first-order chi connectivity index (χ1) is 14.2. The van der Waals surface area contributed by atoms with Gasteiger partial charge in [-0.3, -0.25) is 5.41 Å². The predicted molar refractivity (Wildman–Crippen MR) is 112 cm³/mol. The first kappa shape index (κ1) is 21.5. The number of nitrogens with one attached hydrogen (secondary N) is 2. The van der Waals surface area contributed by atoms with Crippen LogP contribution in [0, 0.1) is 16.7 Å². The molecule has 0 aliphatic carbocycles. The summed E-state index contributed by atoms with van der Waals surface area (Å²) in [5.41, 5.74) is 7.12. The Morgan fingerprint density at radius 2 is 2.20 bits per heavy atom. The number of nitriles is 1. The number of likely N-dealkylation sites (tertiary alicyclic amines) is 1. The lowest BCUT2D eigenvalue weighted by Gasteiger charge is -2.37. The molecule has 160 valence electrons. The van der Waals surface area contributed by atoms with Crippen LogP contribution in [0.1, 0.15) is 20.8 Å². The number of carbonyl (C=O) groups is 1. The highest BCUT2D eigenvalue weighted by Gasteiger charge is 2.43. The van der Waals surface area contributed by atoms with Gasteiger partial charge in [0.25, 0.3) is 0 Å². The fraction of sp³-hybridized carbons (Fsp3) is 0.476. The molecule has 9 nitrogen and oxygen atoms in total. The summed E-state index contributed by atoms with van der Waals surface area (Å²) in [4.78, 5) is 16.0. The van der Waals surface area contributed by atoms with E-state index in [2.05, 4.69) is 5.32 Å². The average molecular weight is 412 g/mol. The molecule has 0 aromatic rings. The first-order valence-electron chi connectivity index (χ1n) is 9.85. The summed E-state index contributed by atoms with van der Waals surface area (Å²) in [5, 5.41) is 20.3. The third-order valence-corrected chi connectivity index (χ3v) is 4.94. The molecule has 1 amide bonds. The van der Waals surface area contributed by atoms with Crippen LogP contribution in [0.2, 0.25) is 0 Å². The zero-order valence-electron chi connectivity index (χ0n) is 17.5. The molecule has 3 rings (SSSR count). The molecule has 0 spiro atoms. The monoisotopic (exact) mass is 412 g/mol. The number of dihydropyridines is 1. The molecule has 2 fully saturated rings. The van der Waals surface area contributed by atoms with Gasteiger partial charge in [-0.1, -0.05) is 0 Å². The fourth-order valence-electron chi connectivity index (χ4n) is 3.53. The number of carbonyl (C=O) groups excluding carboxylic acids is 1. The minimum absolute atomic E-state index is 0.110. The largest absolute Gasteiger partial charge is 0.444 e. The maximum Gasteiger partial charge on any atom is 0.410 e. The molecule has 9 heteroatoms. The summed E-state index contributed by atoms with van der Waals surface area (Å²) in [5.74, 6) is 0.297. The Labute approximate surface area is 176 Å². The molecular weight excluding hydrogens is 384 g/mol. The fourth-order valence-corrected chi connectivity index (χ4v) is 3.53. The molecule has 0 radical (unpaired) electrons. The Hall–Kier alpha value is -3.25. The second-order valence-corrected chi connectivity index (χ2v) is 8.33. The molecule has 4 N–H and O–H groups in total. The van der Waals surface area contributed by atoms with E-state index in [1.165, 1.54) is 0 Å². The van der Waals surface area contributed by atoms with Crippen LogP contribution >= 0.6 is 0 Å². The minimum Gasteiger partial charge on any atom is -0.444 e. The van der Waals surface area contributed by atoms with Crippen molar-refractivity contribution in [3.63, 3.8) is 0 Å². The van der Waals surface area contributed by atoms with E-state index in [-0.39, 0.29) is 18.2 Å². The molecule has 0 aromatic carbocycles. The van der Waals surface area contributed by atoms with E-state index in [9.17, 15) is 4.79 Å². The number of morpholine rings is 1. The molecule has 2 unspecified atom stereocenters. The van der Waals surface area contributed by atoms with Crippen molar-refractivity contribution in [1.82, 2.24) is 15.1 Å². The van der Waals surface area contributed by atoms with Gasteiger partial charge in [-0.2, -0.15) is 5.26 Å². The Balaban J connectivity index is 1.68. The highest BCUT2D eigenvalue weighted by molar-refractivity contribution is 5.91. The SMILES string of the molecule is CC(C)(C)OC(=O)N1CC2OCCN(C(=N)C=CC(N)=C3C=CNC(C#N)=C3)C2C1. The van der Waals surface area contributed by atoms with E-state index in [0.717, 1.165) is 0 Å². The van der Waals surface area contributed by atoms with Crippen LogP contribution in [0.15, 0.2) is 47.5 Å². The van der Waals surface area contributed by atoms with Crippen molar-refractivity contribution in [2.24, 2.45) is 5.73 Å². The standard InChI is InChI=1S/C21H28N6O3/c1-21(2,3)30-20(28)26-12-17-18(13-26)29-9-8-27(17)19(24)5-4-16(23)14-6-7-25-15(10-14)11-22/h4-7,10,17-18,24-25H,8-9,12-13,23H2,1-3H3. The van der Waals surface area contributed by atoms with Crippen LogP contribution in [0.5, 0.6) is 0 Å². The van der Waals surface area contributed by atoms with Gasteiger partial charge in [-0.05, 0) is 45.1 Å². The smallest absolute Gasteiger partial charge is 0.410 e. The van der Waals surface area contributed by atoms with Crippen LogP contribution in [0.4, 0.5) is 4.79 Å². The molecule has 2 saturated heterocycles. The average Bonchev–Trinajstić information content (AvgIpc) is 3.15. The highest BCUT2D eigenvalue weighted by atomic mass is 16.6. The number of amidine groups is 1. The highest BCUT2D eigenvalue weighted by Crippen LogP contribution is 2.25. The second-order valence-electron chi connectivity index (χ2n) is 8.33. The predicted octanol–water partition coefficient (Wildman–Crippen LogP) is 1.58. The summed E-state index contributed by atoms with van der Waals surface area (Å²) in [6, 6.07) is 1.93. The van der Waals surface area contributed by atoms with Gasteiger partial charge in [0.2, 0.25) is 0 Å². The van der Waals surface area contributed by atoms with Gasteiger partial charge >= 0.3 is 6.09 Å². The van der Waals surface area contributed by atoms with Crippen molar-refractivity contribution in [1.29, 1.82) is 10.7 Å². The second kappa shape index (κ2) is 8.63. The van der Waals surface area contributed by atoms with Crippen molar-refractivity contribution in [3.8, 4) is 6.07 Å². The number of amides is 1. The molecule has 3 aliphatic rings. The number of hydrogen-bond acceptors (Lipinski definition) is 7. The molecular formula is C21H28N6O3. The molecule has 3 aliphatic heterocycles. The van der Waals surface area contributed by atoms with E-state index in [4.69, 9.17) is 25.9 Å². The zero-order valence-corrected chi connectivity index (χ0v) is 17.5. The van der Waals surface area contributed by atoms with Crippen molar-refractivity contribution in [2.75, 3.05) is 26.2 Å². The molecule has 0 bridgehead atoms. The summed E-state index contributed by atoms with van der Waals surface area (Å²) >= 11 is 0. The lowest BCUT2D eigenvalue weighted by atomic mass is 10.1. The van der Waals surface area contributed by atoms with Gasteiger partial charge in [-0.25, -0.2) is 4.79 Å². The van der Waals surface area contributed by atoms with Crippen molar-refractivity contribution in [3.05, 3.63) is 47.5 Å². The summed E-state index contributed by atoms with van der Waals surface area (Å²) in [6.45, 7) is 7.44. The number of ether oxygens (including phenoxy) is 2. The van der Waals surface area contributed by atoms with Gasteiger partial charge in [0.05, 0.1) is 25.3 Å². The quantitative estimate of drug-likeness (QED) is 0.464. The van der Waals surface area contributed by atoms with Crippen LogP contribution in [-0.4, -0.2) is 65.7 Å². The number of rotatable bonds is 2. The molecule has 2 atom stereocenters. The lowest BCUT2D eigenvalue weighted by molar-refractivity contribution is -0.0217. The summed E-state index contributed by atoms with van der Waals surface area (Å²) < 4.78 is 11.3. The van der Waals surface area contributed by atoms with Gasteiger partial charge in [-0.15, -0.1) is 0 Å².